The molecule has 0 saturated carbocycles. The summed E-state index contributed by atoms with van der Waals surface area (Å²) < 4.78 is 10.7. The van der Waals surface area contributed by atoms with Gasteiger partial charge in [-0.1, -0.05) is 115 Å². The number of benzene rings is 6. The predicted molar refractivity (Wildman–Crippen MR) is 206 cm³/mol. The molecule has 4 heterocycles. The number of para-hydroxylation sites is 4. The fourth-order valence-corrected chi connectivity index (χ4v) is 7.97. The van der Waals surface area contributed by atoms with E-state index in [4.69, 9.17) is 19.4 Å². The van der Waals surface area contributed by atoms with Crippen molar-refractivity contribution in [2.75, 3.05) is 0 Å². The van der Waals surface area contributed by atoms with E-state index < -0.39 is 0 Å². The molecule has 0 fully saturated rings. The van der Waals surface area contributed by atoms with E-state index in [0.717, 1.165) is 71.6 Å². The summed E-state index contributed by atoms with van der Waals surface area (Å²) >= 11 is 0. The SMILES string of the molecule is C1=c2oc3ccccc3c2=CCC1c1nc(-n2c3ccccc3c3ccccc32)nc(-n2c3ccccc3c3cc(-c4ccccc4)ccc32)n1. The molecule has 0 amide bonds. The zero-order chi connectivity index (χ0) is 33.5. The van der Waals surface area contributed by atoms with E-state index in [2.05, 4.69) is 155 Å². The van der Waals surface area contributed by atoms with Gasteiger partial charge < -0.3 is 4.42 Å². The summed E-state index contributed by atoms with van der Waals surface area (Å²) in [6, 6.07) is 50.9. The second kappa shape index (κ2) is 10.9. The molecule has 0 N–H and O–H groups in total. The monoisotopic (exact) mass is 655 g/mol. The Morgan fingerprint density at radius 1 is 0.490 bits per heavy atom. The van der Waals surface area contributed by atoms with Crippen LogP contribution >= 0.6 is 0 Å². The summed E-state index contributed by atoms with van der Waals surface area (Å²) in [5, 5.41) is 6.88. The van der Waals surface area contributed by atoms with Crippen LogP contribution < -0.4 is 10.6 Å². The highest BCUT2D eigenvalue weighted by Gasteiger charge is 2.24. The molecule has 1 aliphatic rings. The first kappa shape index (κ1) is 28.1. The van der Waals surface area contributed by atoms with Crippen LogP contribution in [0.25, 0.3) is 89.8 Å². The van der Waals surface area contributed by atoms with E-state index in [0.29, 0.717) is 17.7 Å². The number of hydrogen-bond acceptors (Lipinski definition) is 4. The van der Waals surface area contributed by atoms with Crippen molar-refractivity contribution in [2.45, 2.75) is 12.3 Å². The summed E-state index contributed by atoms with van der Waals surface area (Å²) in [5.74, 6) is 1.76. The number of hydrogen-bond donors (Lipinski definition) is 0. The third kappa shape index (κ3) is 4.26. The molecule has 0 spiro atoms. The largest absolute Gasteiger partial charge is 0.456 e. The van der Waals surface area contributed by atoms with Gasteiger partial charge in [0.2, 0.25) is 11.9 Å². The molecule has 1 atom stereocenters. The molecule has 1 aliphatic carbocycles. The van der Waals surface area contributed by atoms with Crippen LogP contribution in [0.1, 0.15) is 18.2 Å². The van der Waals surface area contributed by atoms with Crippen molar-refractivity contribution in [2.24, 2.45) is 0 Å². The summed E-state index contributed by atoms with van der Waals surface area (Å²) in [6.07, 6.45) is 5.20. The summed E-state index contributed by atoms with van der Waals surface area (Å²) in [6.45, 7) is 0. The van der Waals surface area contributed by atoms with Crippen molar-refractivity contribution >= 4 is 66.7 Å². The summed E-state index contributed by atoms with van der Waals surface area (Å²) in [4.78, 5) is 15.9. The van der Waals surface area contributed by atoms with Gasteiger partial charge in [0, 0.05) is 38.1 Å². The first-order valence-electron chi connectivity index (χ1n) is 17.3. The van der Waals surface area contributed by atoms with Crippen LogP contribution in [0.4, 0.5) is 0 Å². The molecule has 10 aromatic rings. The standard InChI is InChI=1S/C45H29N5O/c1-2-12-28(13-3-1)29-23-25-40-36(26-29)33-16-6-10-20-39(33)50(40)45-47-43(30-22-24-35-34-17-7-11-21-41(34)51-42(35)27-30)46-44(48-45)49-37-18-8-4-14-31(37)32-15-5-9-19-38(32)49/h1-21,23-27,30H,22H2. The van der Waals surface area contributed by atoms with Crippen LogP contribution in [-0.2, 0) is 0 Å². The number of nitrogens with zero attached hydrogens (tertiary/aromatic N) is 5. The number of aromatic nitrogens is 5. The van der Waals surface area contributed by atoms with E-state index in [1.807, 2.05) is 12.1 Å². The Morgan fingerprint density at radius 3 is 1.71 bits per heavy atom. The van der Waals surface area contributed by atoms with Crippen molar-refractivity contribution in [1.29, 1.82) is 0 Å². The molecule has 6 heteroatoms. The van der Waals surface area contributed by atoms with Gasteiger partial charge in [-0.3, -0.25) is 9.13 Å². The highest BCUT2D eigenvalue weighted by atomic mass is 16.3. The number of furan rings is 1. The van der Waals surface area contributed by atoms with Gasteiger partial charge in [0.05, 0.1) is 22.1 Å². The minimum absolute atomic E-state index is 0.107. The molecule has 0 radical (unpaired) electrons. The van der Waals surface area contributed by atoms with Crippen LogP contribution in [0.15, 0.2) is 150 Å². The molecule has 240 valence electrons. The lowest BCUT2D eigenvalue weighted by Crippen LogP contribution is -2.26. The lowest BCUT2D eigenvalue weighted by atomic mass is 9.99. The quantitative estimate of drug-likeness (QED) is 0.190. The van der Waals surface area contributed by atoms with Crippen molar-refractivity contribution in [3.05, 3.63) is 162 Å². The third-order valence-electron chi connectivity index (χ3n) is 10.3. The zero-order valence-electron chi connectivity index (χ0n) is 27.4. The molecular weight excluding hydrogens is 627 g/mol. The van der Waals surface area contributed by atoms with E-state index in [1.165, 1.54) is 11.1 Å². The Balaban J connectivity index is 1.19. The van der Waals surface area contributed by atoms with Gasteiger partial charge in [-0.15, -0.1) is 0 Å². The van der Waals surface area contributed by atoms with Crippen LogP contribution in [0.5, 0.6) is 0 Å². The average molecular weight is 656 g/mol. The molecule has 4 aromatic heterocycles. The van der Waals surface area contributed by atoms with Gasteiger partial charge in [0.25, 0.3) is 0 Å². The maximum absolute atomic E-state index is 6.36. The Bertz CT molecular complexity index is 3080. The van der Waals surface area contributed by atoms with Gasteiger partial charge in [0.1, 0.15) is 16.8 Å². The van der Waals surface area contributed by atoms with E-state index in [9.17, 15) is 0 Å². The van der Waals surface area contributed by atoms with Crippen LogP contribution in [0.2, 0.25) is 0 Å². The van der Waals surface area contributed by atoms with Crippen LogP contribution in [-0.4, -0.2) is 24.1 Å². The average Bonchev–Trinajstić information content (AvgIpc) is 3.85. The van der Waals surface area contributed by atoms with Gasteiger partial charge in [-0.25, -0.2) is 0 Å². The van der Waals surface area contributed by atoms with Crippen molar-refractivity contribution in [3.63, 3.8) is 0 Å². The predicted octanol–water partition coefficient (Wildman–Crippen LogP) is 9.23. The second-order valence-electron chi connectivity index (χ2n) is 13.2. The van der Waals surface area contributed by atoms with Crippen LogP contribution in [0.3, 0.4) is 0 Å². The summed E-state index contributed by atoms with van der Waals surface area (Å²) in [5.41, 5.74) is 8.28. The highest BCUT2D eigenvalue weighted by Crippen LogP contribution is 2.36. The second-order valence-corrected chi connectivity index (χ2v) is 13.2. The Hall–Kier alpha value is -6.79. The molecule has 0 aliphatic heterocycles. The number of fused-ring (bicyclic) bond motifs is 9. The highest BCUT2D eigenvalue weighted by molar-refractivity contribution is 6.11. The molecular formula is C45H29N5O. The van der Waals surface area contributed by atoms with Crippen LogP contribution in [0, 0.1) is 0 Å². The fraction of sp³-hybridized carbons (Fsp3) is 0.0444. The Morgan fingerprint density at radius 2 is 1.04 bits per heavy atom. The number of rotatable bonds is 4. The lowest BCUT2D eigenvalue weighted by Gasteiger charge is -2.16. The molecule has 6 aromatic carbocycles. The minimum Gasteiger partial charge on any atom is -0.456 e. The Kier molecular flexibility index (Phi) is 5.98. The van der Waals surface area contributed by atoms with E-state index in [1.54, 1.807) is 0 Å². The zero-order valence-corrected chi connectivity index (χ0v) is 27.4. The molecule has 51 heavy (non-hydrogen) atoms. The maximum Gasteiger partial charge on any atom is 0.239 e. The molecule has 0 saturated heterocycles. The van der Waals surface area contributed by atoms with Crippen molar-refractivity contribution < 1.29 is 4.42 Å². The summed E-state index contributed by atoms with van der Waals surface area (Å²) in [7, 11) is 0. The van der Waals surface area contributed by atoms with Gasteiger partial charge >= 0.3 is 0 Å². The Labute approximate surface area is 291 Å². The van der Waals surface area contributed by atoms with Gasteiger partial charge in [0.15, 0.2) is 0 Å². The molecule has 1 unspecified atom stereocenters. The smallest absolute Gasteiger partial charge is 0.239 e. The lowest BCUT2D eigenvalue weighted by molar-refractivity contribution is 0.567. The fourth-order valence-electron chi connectivity index (χ4n) is 7.97. The van der Waals surface area contributed by atoms with Gasteiger partial charge in [-0.2, -0.15) is 15.0 Å². The van der Waals surface area contributed by atoms with Crippen molar-refractivity contribution in [1.82, 2.24) is 24.1 Å². The maximum atomic E-state index is 6.36. The topological polar surface area (TPSA) is 61.7 Å². The van der Waals surface area contributed by atoms with E-state index >= 15 is 0 Å². The minimum atomic E-state index is -0.107. The van der Waals surface area contributed by atoms with Crippen molar-refractivity contribution in [3.8, 4) is 23.0 Å². The molecule has 6 nitrogen and oxygen atoms in total. The molecule has 11 rings (SSSR count). The van der Waals surface area contributed by atoms with E-state index in [-0.39, 0.29) is 5.92 Å². The van der Waals surface area contributed by atoms with Gasteiger partial charge in [-0.05, 0) is 60.0 Å². The molecule has 0 bridgehead atoms. The first-order valence-corrected chi connectivity index (χ1v) is 17.3. The normalized spacial score (nSPS) is 14.3. The first-order chi connectivity index (χ1) is 25.3. The third-order valence-corrected chi connectivity index (χ3v) is 10.3.